The molecule has 8 heteroatoms. The summed E-state index contributed by atoms with van der Waals surface area (Å²) in [6.07, 6.45) is 2.86. The number of carboxylic acids is 1. The quantitative estimate of drug-likeness (QED) is 0.845. The van der Waals surface area contributed by atoms with E-state index in [-0.39, 0.29) is 11.0 Å². The third kappa shape index (κ3) is 2.32. The van der Waals surface area contributed by atoms with E-state index in [9.17, 15) is 13.2 Å². The number of aliphatic carboxylic acids is 1. The molecule has 110 valence electrons. The summed E-state index contributed by atoms with van der Waals surface area (Å²) >= 11 is 0. The van der Waals surface area contributed by atoms with Gasteiger partial charge in [0.2, 0.25) is 0 Å². The highest BCUT2D eigenvalue weighted by Gasteiger charge is 2.34. The smallest absolute Gasteiger partial charge is 0.308 e. The molecule has 1 fully saturated rings. The van der Waals surface area contributed by atoms with Gasteiger partial charge in [0.05, 0.1) is 16.9 Å². The third-order valence-corrected chi connectivity index (χ3v) is 6.52. The number of aryl methyl sites for hydroxylation is 1. The predicted molar refractivity (Wildman–Crippen MR) is 70.0 cm³/mol. The summed E-state index contributed by atoms with van der Waals surface area (Å²) in [5, 5.41) is 16.9. The second kappa shape index (κ2) is 4.83. The summed E-state index contributed by atoms with van der Waals surface area (Å²) < 4.78 is 25.6. The Balaban J connectivity index is 1.83. The summed E-state index contributed by atoms with van der Waals surface area (Å²) in [6.45, 7) is 0.347. The molecule has 1 aromatic rings. The van der Waals surface area contributed by atoms with E-state index in [0.717, 1.165) is 5.82 Å². The van der Waals surface area contributed by atoms with Gasteiger partial charge in [-0.1, -0.05) is 0 Å². The van der Waals surface area contributed by atoms with Crippen molar-refractivity contribution in [3.63, 3.8) is 0 Å². The Bertz CT molecular complexity index is 637. The number of hydrogen-bond acceptors (Lipinski definition) is 5. The fraction of sp³-hybridized carbons (Fsp3) is 0.750. The van der Waals surface area contributed by atoms with Crippen LogP contribution < -0.4 is 0 Å². The van der Waals surface area contributed by atoms with Gasteiger partial charge >= 0.3 is 5.97 Å². The summed E-state index contributed by atoms with van der Waals surface area (Å²) in [7, 11) is -3.02. The Hall–Kier alpha value is -1.44. The van der Waals surface area contributed by atoms with Crippen molar-refractivity contribution in [3.8, 4) is 0 Å². The standard InChI is InChI=1S/C12H17N3O4S/c16-12(17)8-3-4-10-13-14-11(15(10)7-8)6-9-2-1-5-20(9,18)19/h8-9H,1-7H2,(H,16,17). The predicted octanol–water partition coefficient (Wildman–Crippen LogP) is 0.0448. The molecule has 1 N–H and O–H groups in total. The summed E-state index contributed by atoms with van der Waals surface area (Å²) in [6, 6.07) is 0. The Labute approximate surface area is 116 Å². The summed E-state index contributed by atoms with van der Waals surface area (Å²) in [5.41, 5.74) is 0. The molecule has 0 amide bonds. The third-order valence-electron chi connectivity index (χ3n) is 4.25. The van der Waals surface area contributed by atoms with Crippen LogP contribution in [0.4, 0.5) is 0 Å². The van der Waals surface area contributed by atoms with E-state index < -0.39 is 21.7 Å². The van der Waals surface area contributed by atoms with E-state index in [0.29, 0.717) is 44.5 Å². The number of carbonyl (C=O) groups is 1. The first-order valence-corrected chi connectivity index (χ1v) is 8.54. The van der Waals surface area contributed by atoms with Crippen LogP contribution in [0.2, 0.25) is 0 Å². The molecule has 1 aromatic heterocycles. The zero-order valence-electron chi connectivity index (χ0n) is 11.0. The van der Waals surface area contributed by atoms with Gasteiger partial charge in [0.15, 0.2) is 9.84 Å². The van der Waals surface area contributed by atoms with Gasteiger partial charge in [0.1, 0.15) is 11.6 Å². The van der Waals surface area contributed by atoms with Crippen molar-refractivity contribution in [2.75, 3.05) is 5.75 Å². The molecular weight excluding hydrogens is 282 g/mol. The van der Waals surface area contributed by atoms with Gasteiger partial charge < -0.3 is 9.67 Å². The zero-order valence-corrected chi connectivity index (χ0v) is 11.8. The molecule has 20 heavy (non-hydrogen) atoms. The molecule has 0 bridgehead atoms. The molecule has 2 aliphatic rings. The fourth-order valence-corrected chi connectivity index (χ4v) is 4.86. The Morgan fingerprint density at radius 2 is 2.15 bits per heavy atom. The normalized spacial score (nSPS) is 28.2. The molecule has 7 nitrogen and oxygen atoms in total. The molecular formula is C12H17N3O4S. The largest absolute Gasteiger partial charge is 0.481 e. The number of rotatable bonds is 3. The van der Waals surface area contributed by atoms with Crippen molar-refractivity contribution in [2.24, 2.45) is 5.92 Å². The minimum atomic E-state index is -3.02. The first-order chi connectivity index (χ1) is 9.47. The van der Waals surface area contributed by atoms with E-state index in [1.54, 1.807) is 4.57 Å². The minimum Gasteiger partial charge on any atom is -0.481 e. The van der Waals surface area contributed by atoms with E-state index in [4.69, 9.17) is 5.11 Å². The number of hydrogen-bond donors (Lipinski definition) is 1. The van der Waals surface area contributed by atoms with Crippen molar-refractivity contribution in [2.45, 2.75) is 43.9 Å². The van der Waals surface area contributed by atoms with Gasteiger partial charge in [-0.05, 0) is 19.3 Å². The molecule has 3 rings (SSSR count). The minimum absolute atomic E-state index is 0.246. The van der Waals surface area contributed by atoms with Gasteiger partial charge in [0, 0.05) is 19.4 Å². The van der Waals surface area contributed by atoms with E-state index in [1.807, 2.05) is 0 Å². The van der Waals surface area contributed by atoms with E-state index in [2.05, 4.69) is 10.2 Å². The molecule has 3 heterocycles. The number of aromatic nitrogens is 3. The first-order valence-electron chi connectivity index (χ1n) is 6.82. The van der Waals surface area contributed by atoms with Crippen LogP contribution in [-0.2, 0) is 34.0 Å². The van der Waals surface area contributed by atoms with Crippen molar-refractivity contribution in [1.29, 1.82) is 0 Å². The Morgan fingerprint density at radius 1 is 1.35 bits per heavy atom. The van der Waals surface area contributed by atoms with Gasteiger partial charge in [-0.15, -0.1) is 10.2 Å². The van der Waals surface area contributed by atoms with Crippen LogP contribution in [0.15, 0.2) is 0 Å². The van der Waals surface area contributed by atoms with Gasteiger partial charge in [0.25, 0.3) is 0 Å². The maximum atomic E-state index is 11.9. The van der Waals surface area contributed by atoms with Crippen LogP contribution in [0.25, 0.3) is 0 Å². The molecule has 0 radical (unpaired) electrons. The second-order valence-corrected chi connectivity index (χ2v) is 7.95. The van der Waals surface area contributed by atoms with Gasteiger partial charge in [-0.2, -0.15) is 0 Å². The molecule has 2 unspecified atom stereocenters. The van der Waals surface area contributed by atoms with E-state index >= 15 is 0 Å². The molecule has 0 spiro atoms. The lowest BCUT2D eigenvalue weighted by Gasteiger charge is -2.21. The van der Waals surface area contributed by atoms with Crippen LogP contribution >= 0.6 is 0 Å². The van der Waals surface area contributed by atoms with E-state index in [1.165, 1.54) is 0 Å². The number of nitrogens with zero attached hydrogens (tertiary/aromatic N) is 3. The molecule has 0 aliphatic carbocycles. The molecule has 2 aliphatic heterocycles. The van der Waals surface area contributed by atoms with Gasteiger partial charge in [-0.3, -0.25) is 4.79 Å². The summed E-state index contributed by atoms with van der Waals surface area (Å²) in [4.78, 5) is 11.1. The number of carboxylic acid groups (broad SMARTS) is 1. The molecule has 0 aromatic carbocycles. The van der Waals surface area contributed by atoms with Crippen LogP contribution in [0.1, 0.15) is 30.9 Å². The highest BCUT2D eigenvalue weighted by atomic mass is 32.2. The number of sulfone groups is 1. The Morgan fingerprint density at radius 3 is 2.80 bits per heavy atom. The number of fused-ring (bicyclic) bond motifs is 1. The zero-order chi connectivity index (χ0) is 14.3. The highest BCUT2D eigenvalue weighted by Crippen LogP contribution is 2.26. The van der Waals surface area contributed by atoms with Crippen molar-refractivity contribution < 1.29 is 18.3 Å². The van der Waals surface area contributed by atoms with Crippen LogP contribution in [0.3, 0.4) is 0 Å². The SMILES string of the molecule is O=C(O)C1CCc2nnc(CC3CCCS3(=O)=O)n2C1. The average Bonchev–Trinajstić information content (AvgIpc) is 2.94. The molecule has 0 saturated carbocycles. The lowest BCUT2D eigenvalue weighted by molar-refractivity contribution is -0.142. The monoisotopic (exact) mass is 299 g/mol. The maximum absolute atomic E-state index is 11.9. The molecule has 1 saturated heterocycles. The van der Waals surface area contributed by atoms with Crippen molar-refractivity contribution in [1.82, 2.24) is 14.8 Å². The topological polar surface area (TPSA) is 102 Å². The highest BCUT2D eigenvalue weighted by molar-refractivity contribution is 7.92. The fourth-order valence-electron chi connectivity index (χ4n) is 3.03. The average molecular weight is 299 g/mol. The van der Waals surface area contributed by atoms with Crippen molar-refractivity contribution >= 4 is 15.8 Å². The van der Waals surface area contributed by atoms with Gasteiger partial charge in [-0.25, -0.2) is 8.42 Å². The summed E-state index contributed by atoms with van der Waals surface area (Å²) in [5.74, 6) is 0.381. The lowest BCUT2D eigenvalue weighted by Crippen LogP contribution is -2.29. The maximum Gasteiger partial charge on any atom is 0.308 e. The lowest BCUT2D eigenvalue weighted by atomic mass is 9.99. The van der Waals surface area contributed by atoms with Crippen LogP contribution in [0.5, 0.6) is 0 Å². The van der Waals surface area contributed by atoms with Crippen molar-refractivity contribution in [3.05, 3.63) is 11.6 Å². The first kappa shape index (κ1) is 13.5. The Kier molecular flexibility index (Phi) is 3.27. The van der Waals surface area contributed by atoms with Crippen LogP contribution in [-0.4, -0.2) is 45.3 Å². The van der Waals surface area contributed by atoms with Crippen LogP contribution in [0, 0.1) is 5.92 Å². The second-order valence-electron chi connectivity index (χ2n) is 5.55. The molecule has 2 atom stereocenters.